The molecule has 0 bridgehead atoms. The maximum absolute atomic E-state index is 14.0. The minimum absolute atomic E-state index is 0.00353. The van der Waals surface area contributed by atoms with E-state index in [2.05, 4.69) is 21.4 Å². The maximum atomic E-state index is 14.0. The van der Waals surface area contributed by atoms with Gasteiger partial charge < -0.3 is 30.7 Å². The number of methoxy groups -OCH3 is 2. The van der Waals surface area contributed by atoms with Crippen LogP contribution in [0.2, 0.25) is 0 Å². The molecule has 3 aromatic carbocycles. The highest BCUT2D eigenvalue weighted by Gasteiger charge is 2.30. The molecule has 1 saturated carbocycles. The number of urea groups is 1. The number of rotatable bonds is 12. The molecule has 47 heavy (non-hydrogen) atoms. The second-order valence-corrected chi connectivity index (χ2v) is 13.1. The van der Waals surface area contributed by atoms with Crippen molar-refractivity contribution in [2.75, 3.05) is 27.3 Å². The minimum atomic E-state index is -0.527. The Kier molecular flexibility index (Phi) is 12.0. The predicted molar refractivity (Wildman–Crippen MR) is 187 cm³/mol. The van der Waals surface area contributed by atoms with E-state index in [0.29, 0.717) is 43.7 Å². The van der Waals surface area contributed by atoms with Crippen molar-refractivity contribution in [3.63, 3.8) is 0 Å². The summed E-state index contributed by atoms with van der Waals surface area (Å²) in [5, 5.41) is 14.1. The number of nitrogens with one attached hydrogen (secondary N) is 4. The van der Waals surface area contributed by atoms with E-state index < -0.39 is 6.04 Å². The monoisotopic (exact) mass is 658 g/mol. The first-order valence-electron chi connectivity index (χ1n) is 16.4. The summed E-state index contributed by atoms with van der Waals surface area (Å²) in [4.78, 5) is 29.5. The highest BCUT2D eigenvalue weighted by Crippen LogP contribution is 2.35. The number of benzene rings is 3. The molecule has 2 aliphatic rings. The van der Waals surface area contributed by atoms with Gasteiger partial charge in [-0.3, -0.25) is 10.2 Å². The summed E-state index contributed by atoms with van der Waals surface area (Å²) in [5.74, 6) is 1.42. The number of nitrogen functional groups attached to an aromatic ring is 1. The number of ether oxygens (including phenoxy) is 2. The molecule has 0 radical (unpaired) electrons. The van der Waals surface area contributed by atoms with Crippen LogP contribution in [-0.2, 0) is 11.2 Å². The third-order valence-corrected chi connectivity index (χ3v) is 9.82. The van der Waals surface area contributed by atoms with Gasteiger partial charge in [0, 0.05) is 47.3 Å². The van der Waals surface area contributed by atoms with Gasteiger partial charge in [-0.15, -0.1) is 0 Å². The molecule has 0 aromatic heterocycles. The SMILES string of the molecule is COc1ccc(-c2cccc(SNC(Cc3cccc(C(=N)N)c3)C(=O)N3CCC(NC(=O)NC4CCCCC4)CC3)c2)c(OC)c1. The van der Waals surface area contributed by atoms with E-state index in [9.17, 15) is 9.59 Å². The predicted octanol–water partition coefficient (Wildman–Crippen LogP) is 5.49. The highest BCUT2D eigenvalue weighted by molar-refractivity contribution is 7.97. The Labute approximate surface area is 281 Å². The number of carbonyl (C=O) groups excluding carboxylic acids is 2. The van der Waals surface area contributed by atoms with Crippen LogP contribution in [0.1, 0.15) is 56.1 Å². The molecule has 3 aromatic rings. The Morgan fingerprint density at radius 2 is 1.64 bits per heavy atom. The molecule has 1 aliphatic heterocycles. The Bertz CT molecular complexity index is 1540. The first-order valence-corrected chi connectivity index (χ1v) is 17.2. The summed E-state index contributed by atoms with van der Waals surface area (Å²) in [6.45, 7) is 1.13. The van der Waals surface area contributed by atoms with Crippen LogP contribution in [0.15, 0.2) is 71.6 Å². The van der Waals surface area contributed by atoms with Crippen molar-refractivity contribution in [3.8, 4) is 22.6 Å². The number of piperidine rings is 1. The Balaban J connectivity index is 1.25. The van der Waals surface area contributed by atoms with E-state index in [0.717, 1.165) is 40.2 Å². The van der Waals surface area contributed by atoms with Crippen LogP contribution >= 0.6 is 11.9 Å². The smallest absolute Gasteiger partial charge is 0.315 e. The molecule has 0 spiro atoms. The van der Waals surface area contributed by atoms with Crippen LogP contribution in [0.5, 0.6) is 11.5 Å². The molecule has 250 valence electrons. The fraction of sp³-hybridized carbons (Fsp3) is 0.417. The van der Waals surface area contributed by atoms with E-state index in [1.807, 2.05) is 59.5 Å². The summed E-state index contributed by atoms with van der Waals surface area (Å²) in [7, 11) is 3.27. The lowest BCUT2D eigenvalue weighted by Crippen LogP contribution is -2.53. The first kappa shape index (κ1) is 34.1. The molecule has 1 heterocycles. The van der Waals surface area contributed by atoms with Gasteiger partial charge in [-0.05, 0) is 85.5 Å². The van der Waals surface area contributed by atoms with E-state index >= 15 is 0 Å². The van der Waals surface area contributed by atoms with Crippen LogP contribution in [-0.4, -0.2) is 68.1 Å². The topological polar surface area (TPSA) is 142 Å². The summed E-state index contributed by atoms with van der Waals surface area (Å²) < 4.78 is 14.4. The summed E-state index contributed by atoms with van der Waals surface area (Å²) in [5.41, 5.74) is 9.22. The fourth-order valence-electron chi connectivity index (χ4n) is 6.31. The van der Waals surface area contributed by atoms with Crippen LogP contribution in [0.4, 0.5) is 4.79 Å². The molecule has 3 amide bonds. The lowest BCUT2D eigenvalue weighted by molar-refractivity contribution is -0.134. The van der Waals surface area contributed by atoms with Gasteiger partial charge in [-0.1, -0.05) is 49.6 Å². The van der Waals surface area contributed by atoms with Crippen LogP contribution in [0.3, 0.4) is 0 Å². The van der Waals surface area contributed by atoms with E-state index in [1.54, 1.807) is 20.3 Å². The second-order valence-electron chi connectivity index (χ2n) is 12.2. The van der Waals surface area contributed by atoms with Gasteiger partial charge in [-0.25, -0.2) is 9.52 Å². The molecule has 1 aliphatic carbocycles. The minimum Gasteiger partial charge on any atom is -0.497 e. The molecule has 11 heteroatoms. The normalized spacial score (nSPS) is 16.3. The van der Waals surface area contributed by atoms with Gasteiger partial charge >= 0.3 is 6.03 Å². The van der Waals surface area contributed by atoms with Crippen molar-refractivity contribution >= 4 is 29.7 Å². The molecular formula is C36H46N6O4S. The summed E-state index contributed by atoms with van der Waals surface area (Å²) >= 11 is 1.41. The number of likely N-dealkylation sites (tertiary alicyclic amines) is 1. The number of nitrogens with two attached hydrogens (primary N) is 1. The van der Waals surface area contributed by atoms with Crippen molar-refractivity contribution < 1.29 is 19.1 Å². The molecule has 1 unspecified atom stereocenters. The average Bonchev–Trinajstić information content (AvgIpc) is 3.10. The quantitative estimate of drug-likeness (QED) is 0.0985. The number of carbonyl (C=O) groups is 2. The zero-order valence-corrected chi connectivity index (χ0v) is 28.0. The zero-order chi connectivity index (χ0) is 33.2. The van der Waals surface area contributed by atoms with Gasteiger partial charge in [0.15, 0.2) is 0 Å². The number of nitrogens with zero attached hydrogens (tertiary/aromatic N) is 1. The molecule has 5 rings (SSSR count). The van der Waals surface area contributed by atoms with Crippen molar-refractivity contribution in [1.82, 2.24) is 20.3 Å². The zero-order valence-electron chi connectivity index (χ0n) is 27.2. The number of amides is 3. The number of hydrogen-bond acceptors (Lipinski definition) is 7. The largest absolute Gasteiger partial charge is 0.497 e. The maximum Gasteiger partial charge on any atom is 0.315 e. The van der Waals surface area contributed by atoms with Gasteiger partial charge in [0.05, 0.1) is 14.2 Å². The lowest BCUT2D eigenvalue weighted by Gasteiger charge is -2.35. The highest BCUT2D eigenvalue weighted by atomic mass is 32.2. The lowest BCUT2D eigenvalue weighted by atomic mass is 9.96. The van der Waals surface area contributed by atoms with Crippen LogP contribution < -0.4 is 30.6 Å². The van der Waals surface area contributed by atoms with Crippen LogP contribution in [0, 0.1) is 5.41 Å². The molecule has 6 N–H and O–H groups in total. The average molecular weight is 659 g/mol. The van der Waals surface area contributed by atoms with Gasteiger partial charge in [-0.2, -0.15) is 0 Å². The Morgan fingerprint density at radius 1 is 0.915 bits per heavy atom. The third kappa shape index (κ3) is 9.42. The van der Waals surface area contributed by atoms with E-state index in [-0.39, 0.29) is 29.9 Å². The second kappa shape index (κ2) is 16.6. The summed E-state index contributed by atoms with van der Waals surface area (Å²) in [6.07, 6.45) is 7.51. The molecule has 10 nitrogen and oxygen atoms in total. The number of hydrogen-bond donors (Lipinski definition) is 5. The summed E-state index contributed by atoms with van der Waals surface area (Å²) in [6, 6.07) is 21.0. The van der Waals surface area contributed by atoms with Crippen molar-refractivity contribution in [2.45, 2.75) is 74.4 Å². The number of amidine groups is 1. The molecule has 2 fully saturated rings. The molecule has 1 saturated heterocycles. The van der Waals surface area contributed by atoms with Gasteiger partial charge in [0.25, 0.3) is 0 Å². The van der Waals surface area contributed by atoms with Crippen LogP contribution in [0.25, 0.3) is 11.1 Å². The Morgan fingerprint density at radius 3 is 2.34 bits per heavy atom. The standard InChI is InChI=1S/C36H46N6O4S/c1-45-29-14-15-31(33(23-29)46-2)25-9-7-13-30(22-25)47-41-32(21-24-8-6-10-26(20-24)34(37)38)35(43)42-18-16-28(17-19-42)40-36(44)39-27-11-4-3-5-12-27/h6-10,13-15,20,22-23,27-28,32,41H,3-5,11-12,16-19,21H2,1-2H3,(H3,37,38)(H2,39,40,44). The third-order valence-electron chi connectivity index (χ3n) is 8.93. The van der Waals surface area contributed by atoms with E-state index in [4.69, 9.17) is 20.6 Å². The molecule has 1 atom stereocenters. The van der Waals surface area contributed by atoms with E-state index in [1.165, 1.54) is 31.2 Å². The van der Waals surface area contributed by atoms with Gasteiger partial charge in [0.2, 0.25) is 5.91 Å². The fourth-order valence-corrected chi connectivity index (χ4v) is 7.10. The van der Waals surface area contributed by atoms with Crippen molar-refractivity contribution in [2.24, 2.45) is 5.73 Å². The van der Waals surface area contributed by atoms with Crippen molar-refractivity contribution in [3.05, 3.63) is 77.9 Å². The van der Waals surface area contributed by atoms with Gasteiger partial charge in [0.1, 0.15) is 23.4 Å². The molecular weight excluding hydrogens is 613 g/mol. The van der Waals surface area contributed by atoms with Crippen molar-refractivity contribution in [1.29, 1.82) is 5.41 Å². The first-order chi connectivity index (χ1) is 22.8. The Hall–Kier alpha value is -4.22.